The van der Waals surface area contributed by atoms with E-state index in [2.05, 4.69) is 47.5 Å². The number of guanidine groups is 1. The number of ether oxygens (including phenoxy) is 2. The van der Waals surface area contributed by atoms with Gasteiger partial charge in [-0.25, -0.2) is 0 Å². The Hall–Kier alpha value is -0.860. The van der Waals surface area contributed by atoms with E-state index in [4.69, 9.17) is 14.5 Å². The maximum atomic E-state index is 6.00. The molecule has 3 rings (SSSR count). The Balaban J connectivity index is 0.00000243. The molecule has 2 aliphatic heterocycles. The molecule has 146 valence electrons. The molecule has 26 heavy (non-hydrogen) atoms. The van der Waals surface area contributed by atoms with Crippen LogP contribution in [0.25, 0.3) is 0 Å². The molecule has 3 unspecified atom stereocenters. The van der Waals surface area contributed by atoms with Crippen molar-refractivity contribution in [1.29, 1.82) is 0 Å². The fourth-order valence-corrected chi connectivity index (χ4v) is 3.86. The van der Waals surface area contributed by atoms with Crippen molar-refractivity contribution in [2.75, 3.05) is 46.5 Å². The lowest BCUT2D eigenvalue weighted by Crippen LogP contribution is -2.40. The summed E-state index contributed by atoms with van der Waals surface area (Å²) >= 11 is 0. The van der Waals surface area contributed by atoms with E-state index < -0.39 is 0 Å². The molecule has 1 aromatic rings. The van der Waals surface area contributed by atoms with Crippen molar-refractivity contribution in [1.82, 2.24) is 10.2 Å². The van der Waals surface area contributed by atoms with Crippen LogP contribution in [-0.4, -0.2) is 57.4 Å². The Morgan fingerprint density at radius 3 is 2.85 bits per heavy atom. The van der Waals surface area contributed by atoms with Crippen molar-refractivity contribution in [3.63, 3.8) is 0 Å². The number of likely N-dealkylation sites (tertiary alicyclic amines) is 1. The molecule has 0 saturated carbocycles. The maximum Gasteiger partial charge on any atom is 0.193 e. The Morgan fingerprint density at radius 1 is 1.31 bits per heavy atom. The summed E-state index contributed by atoms with van der Waals surface area (Å²) in [6.45, 7) is 7.59. The smallest absolute Gasteiger partial charge is 0.193 e. The van der Waals surface area contributed by atoms with Crippen LogP contribution < -0.4 is 5.32 Å². The molecule has 0 spiro atoms. The highest BCUT2D eigenvalue weighted by atomic mass is 127. The first-order chi connectivity index (χ1) is 12.3. The zero-order valence-electron chi connectivity index (χ0n) is 15.9. The largest absolute Gasteiger partial charge is 0.384 e. The Labute approximate surface area is 174 Å². The minimum Gasteiger partial charge on any atom is -0.384 e. The van der Waals surface area contributed by atoms with E-state index in [0.29, 0.717) is 11.8 Å². The third-order valence-corrected chi connectivity index (χ3v) is 5.14. The van der Waals surface area contributed by atoms with Crippen molar-refractivity contribution in [3.8, 4) is 0 Å². The van der Waals surface area contributed by atoms with E-state index in [-0.39, 0.29) is 30.1 Å². The van der Waals surface area contributed by atoms with Gasteiger partial charge in [0.05, 0.1) is 12.7 Å². The van der Waals surface area contributed by atoms with Gasteiger partial charge >= 0.3 is 0 Å². The number of rotatable bonds is 6. The molecule has 0 amide bonds. The quantitative estimate of drug-likeness (QED) is 0.391. The van der Waals surface area contributed by atoms with Gasteiger partial charge in [-0.05, 0) is 25.3 Å². The van der Waals surface area contributed by atoms with Gasteiger partial charge in [0, 0.05) is 51.7 Å². The van der Waals surface area contributed by atoms with Crippen molar-refractivity contribution in [3.05, 3.63) is 35.9 Å². The van der Waals surface area contributed by atoms with Gasteiger partial charge in [0.2, 0.25) is 0 Å². The monoisotopic (exact) mass is 473 g/mol. The first-order valence-electron chi connectivity index (χ1n) is 9.50. The highest BCUT2D eigenvalue weighted by molar-refractivity contribution is 14.0. The molecular weight excluding hydrogens is 441 g/mol. The number of nitrogens with one attached hydrogen (secondary N) is 1. The fourth-order valence-electron chi connectivity index (χ4n) is 3.86. The molecule has 3 atom stereocenters. The zero-order valence-corrected chi connectivity index (χ0v) is 18.2. The second-order valence-corrected chi connectivity index (χ2v) is 7.00. The average Bonchev–Trinajstić information content (AvgIpc) is 3.29. The van der Waals surface area contributed by atoms with Gasteiger partial charge in [-0.3, -0.25) is 4.99 Å². The number of benzene rings is 1. The normalized spacial score (nSPS) is 26.0. The summed E-state index contributed by atoms with van der Waals surface area (Å²) in [5, 5.41) is 3.46. The molecule has 2 saturated heterocycles. The lowest BCUT2D eigenvalue weighted by Gasteiger charge is -2.23. The predicted octanol–water partition coefficient (Wildman–Crippen LogP) is 3.32. The second kappa shape index (κ2) is 11.1. The molecule has 0 aromatic heterocycles. The maximum absolute atomic E-state index is 6.00. The zero-order chi connectivity index (χ0) is 17.5. The summed E-state index contributed by atoms with van der Waals surface area (Å²) in [6.07, 6.45) is 2.43. The van der Waals surface area contributed by atoms with Crippen molar-refractivity contribution in [2.45, 2.75) is 25.9 Å². The number of nitrogens with zero attached hydrogens (tertiary/aromatic N) is 2. The molecule has 2 heterocycles. The first kappa shape index (κ1) is 21.4. The lowest BCUT2D eigenvalue weighted by atomic mass is 9.95. The van der Waals surface area contributed by atoms with Gasteiger partial charge in [-0.1, -0.05) is 30.3 Å². The van der Waals surface area contributed by atoms with Crippen LogP contribution in [0.3, 0.4) is 0 Å². The molecule has 1 aromatic carbocycles. The van der Waals surface area contributed by atoms with Crippen molar-refractivity contribution in [2.24, 2.45) is 16.8 Å². The molecule has 6 heteroatoms. The van der Waals surface area contributed by atoms with Crippen molar-refractivity contribution >= 4 is 29.9 Å². The van der Waals surface area contributed by atoms with Crippen LogP contribution in [0.4, 0.5) is 0 Å². The minimum absolute atomic E-state index is 0. The first-order valence-corrected chi connectivity index (χ1v) is 9.50. The fraction of sp³-hybridized carbons (Fsp3) is 0.650. The third kappa shape index (κ3) is 5.57. The van der Waals surface area contributed by atoms with Crippen molar-refractivity contribution < 1.29 is 9.47 Å². The molecule has 5 nitrogen and oxygen atoms in total. The number of hydrogen-bond acceptors (Lipinski definition) is 3. The van der Waals surface area contributed by atoms with Gasteiger partial charge in [-0.2, -0.15) is 0 Å². The van der Waals surface area contributed by atoms with Crippen LogP contribution in [0, 0.1) is 11.8 Å². The molecule has 0 bridgehead atoms. The Kier molecular flexibility index (Phi) is 9.15. The summed E-state index contributed by atoms with van der Waals surface area (Å²) in [5.74, 6) is 2.11. The summed E-state index contributed by atoms with van der Waals surface area (Å²) in [4.78, 5) is 7.33. The minimum atomic E-state index is 0. The van der Waals surface area contributed by atoms with Gasteiger partial charge in [0.15, 0.2) is 5.96 Å². The second-order valence-electron chi connectivity index (χ2n) is 7.00. The van der Waals surface area contributed by atoms with E-state index in [1.54, 1.807) is 7.11 Å². The van der Waals surface area contributed by atoms with Crippen LogP contribution >= 0.6 is 24.0 Å². The third-order valence-electron chi connectivity index (χ3n) is 5.14. The number of aliphatic imine (C=N–C) groups is 1. The van der Waals surface area contributed by atoms with E-state index in [1.165, 1.54) is 12.0 Å². The van der Waals surface area contributed by atoms with E-state index in [0.717, 1.165) is 51.8 Å². The van der Waals surface area contributed by atoms with Gasteiger partial charge in [0.1, 0.15) is 0 Å². The molecule has 2 aliphatic rings. The summed E-state index contributed by atoms with van der Waals surface area (Å²) in [5.41, 5.74) is 1.27. The van der Waals surface area contributed by atoms with Crippen LogP contribution in [0.15, 0.2) is 35.3 Å². The predicted molar refractivity (Wildman–Crippen MR) is 116 cm³/mol. The van der Waals surface area contributed by atoms with E-state index in [9.17, 15) is 0 Å². The molecule has 0 radical (unpaired) electrons. The highest BCUT2D eigenvalue weighted by Crippen LogP contribution is 2.34. The molecular formula is C20H32IN3O2. The van der Waals surface area contributed by atoms with Gasteiger partial charge < -0.3 is 19.7 Å². The summed E-state index contributed by atoms with van der Waals surface area (Å²) in [7, 11) is 1.78. The topological polar surface area (TPSA) is 46.1 Å². The molecule has 0 aliphatic carbocycles. The van der Waals surface area contributed by atoms with Crippen LogP contribution in [0.2, 0.25) is 0 Å². The number of hydrogen-bond donors (Lipinski definition) is 1. The van der Waals surface area contributed by atoms with Crippen LogP contribution in [0.1, 0.15) is 31.4 Å². The van der Waals surface area contributed by atoms with Gasteiger partial charge in [-0.15, -0.1) is 24.0 Å². The summed E-state index contributed by atoms with van der Waals surface area (Å²) < 4.78 is 11.3. The van der Waals surface area contributed by atoms with Crippen LogP contribution in [0.5, 0.6) is 0 Å². The number of halogens is 1. The Bertz CT molecular complexity index is 555. The lowest BCUT2D eigenvalue weighted by molar-refractivity contribution is 0.0925. The SMILES string of the molecule is CCNC(=NCC1CCOC1c1ccccc1)N1CCC(COC)C1.I. The molecule has 1 N–H and O–H groups in total. The highest BCUT2D eigenvalue weighted by Gasteiger charge is 2.30. The standard InChI is InChI=1S/C20H31N3O2.HI/c1-3-21-20(23-11-9-16(14-23)15-24-2)22-13-18-10-12-25-19(18)17-7-5-4-6-8-17;/h4-8,16,18-19H,3,9-15H2,1-2H3,(H,21,22);1H. The average molecular weight is 473 g/mol. The van der Waals surface area contributed by atoms with Gasteiger partial charge in [0.25, 0.3) is 0 Å². The van der Waals surface area contributed by atoms with E-state index in [1.807, 2.05) is 0 Å². The number of methoxy groups -OCH3 is 1. The van der Waals surface area contributed by atoms with Crippen LogP contribution in [-0.2, 0) is 9.47 Å². The van der Waals surface area contributed by atoms with E-state index >= 15 is 0 Å². The Morgan fingerprint density at radius 2 is 2.12 bits per heavy atom. The summed E-state index contributed by atoms with van der Waals surface area (Å²) in [6, 6.07) is 10.5. The molecule has 2 fully saturated rings.